The summed E-state index contributed by atoms with van der Waals surface area (Å²) in [6.07, 6.45) is 3.24. The number of hydrogen-bond donors (Lipinski definition) is 1. The first-order valence-corrected chi connectivity index (χ1v) is 9.45. The van der Waals surface area contributed by atoms with E-state index < -0.39 is 0 Å². The molecule has 0 aromatic heterocycles. The van der Waals surface area contributed by atoms with Crippen LogP contribution in [0.25, 0.3) is 0 Å². The van der Waals surface area contributed by atoms with Gasteiger partial charge in [0.2, 0.25) is 5.91 Å². The first-order chi connectivity index (χ1) is 12.7. The molecule has 4 heteroatoms. The average Bonchev–Trinajstić information content (AvgIpc) is 2.68. The Balaban J connectivity index is 1.64. The van der Waals surface area contributed by atoms with Gasteiger partial charge in [-0.25, -0.2) is 0 Å². The summed E-state index contributed by atoms with van der Waals surface area (Å²) in [6.45, 7) is 3.08. The summed E-state index contributed by atoms with van der Waals surface area (Å²) in [5.41, 5.74) is 9.00. The Morgan fingerprint density at radius 1 is 1.04 bits per heavy atom. The number of ether oxygens (including phenoxy) is 1. The van der Waals surface area contributed by atoms with Crippen molar-refractivity contribution in [2.24, 2.45) is 5.92 Å². The standard InChI is InChI=1S/C22H28N2O2/c23-21-9-5-4-8-20(21)10-11-22(25)24(16-18-6-2-1-3-7-18)17-19-12-14-26-15-13-19/h1-9,19H,10-17,23H2. The van der Waals surface area contributed by atoms with Crippen molar-refractivity contribution in [1.82, 2.24) is 4.90 Å². The van der Waals surface area contributed by atoms with Crippen molar-refractivity contribution in [3.8, 4) is 0 Å². The predicted octanol–water partition coefficient (Wildman–Crippen LogP) is 3.66. The molecular weight excluding hydrogens is 324 g/mol. The number of carbonyl (C=O) groups excluding carboxylic acids is 1. The number of carbonyl (C=O) groups is 1. The van der Waals surface area contributed by atoms with E-state index in [1.165, 1.54) is 5.56 Å². The monoisotopic (exact) mass is 352 g/mol. The lowest BCUT2D eigenvalue weighted by Gasteiger charge is -2.30. The van der Waals surface area contributed by atoms with Gasteiger partial charge in [-0.15, -0.1) is 0 Å². The van der Waals surface area contributed by atoms with Crippen LogP contribution in [-0.4, -0.2) is 30.6 Å². The van der Waals surface area contributed by atoms with E-state index >= 15 is 0 Å². The Morgan fingerprint density at radius 3 is 2.46 bits per heavy atom. The molecule has 0 spiro atoms. The summed E-state index contributed by atoms with van der Waals surface area (Å²) in [5.74, 6) is 0.724. The van der Waals surface area contributed by atoms with Crippen molar-refractivity contribution in [3.05, 3.63) is 65.7 Å². The fourth-order valence-electron chi connectivity index (χ4n) is 3.46. The Bertz CT molecular complexity index is 696. The molecule has 1 aliphatic heterocycles. The highest BCUT2D eigenvalue weighted by Gasteiger charge is 2.21. The molecule has 0 bridgehead atoms. The third-order valence-electron chi connectivity index (χ3n) is 5.05. The first-order valence-electron chi connectivity index (χ1n) is 9.45. The number of nitrogens with two attached hydrogens (primary N) is 1. The maximum Gasteiger partial charge on any atom is 0.223 e. The second-order valence-corrected chi connectivity index (χ2v) is 7.01. The normalized spacial score (nSPS) is 14.9. The van der Waals surface area contributed by atoms with Crippen LogP contribution in [0.1, 0.15) is 30.4 Å². The lowest BCUT2D eigenvalue weighted by atomic mass is 9.99. The Hall–Kier alpha value is -2.33. The van der Waals surface area contributed by atoms with E-state index in [0.29, 0.717) is 25.3 Å². The molecule has 26 heavy (non-hydrogen) atoms. The molecule has 1 fully saturated rings. The topological polar surface area (TPSA) is 55.6 Å². The maximum atomic E-state index is 13.0. The van der Waals surface area contributed by atoms with Crippen molar-refractivity contribution >= 4 is 11.6 Å². The average molecular weight is 352 g/mol. The summed E-state index contributed by atoms with van der Waals surface area (Å²) in [5, 5.41) is 0. The van der Waals surface area contributed by atoms with E-state index in [0.717, 1.165) is 43.9 Å². The number of anilines is 1. The SMILES string of the molecule is Nc1ccccc1CCC(=O)N(Cc1ccccc1)CC1CCOCC1. The van der Waals surface area contributed by atoms with Crippen molar-refractivity contribution in [3.63, 3.8) is 0 Å². The molecule has 4 nitrogen and oxygen atoms in total. The molecule has 0 atom stereocenters. The zero-order valence-electron chi connectivity index (χ0n) is 15.3. The Kier molecular flexibility index (Phi) is 6.67. The van der Waals surface area contributed by atoms with E-state index in [9.17, 15) is 4.79 Å². The highest BCUT2D eigenvalue weighted by atomic mass is 16.5. The van der Waals surface area contributed by atoms with Gasteiger partial charge in [0.25, 0.3) is 0 Å². The highest BCUT2D eigenvalue weighted by Crippen LogP contribution is 2.19. The molecule has 2 aromatic rings. The molecule has 2 N–H and O–H groups in total. The molecule has 138 valence electrons. The second-order valence-electron chi connectivity index (χ2n) is 7.01. The van der Waals surface area contributed by atoms with Gasteiger partial charge >= 0.3 is 0 Å². The van der Waals surface area contributed by atoms with Crippen LogP contribution in [0.3, 0.4) is 0 Å². The molecule has 0 unspecified atom stereocenters. The lowest BCUT2D eigenvalue weighted by Crippen LogP contribution is -2.37. The van der Waals surface area contributed by atoms with Crippen molar-refractivity contribution in [2.45, 2.75) is 32.2 Å². The minimum atomic E-state index is 0.198. The van der Waals surface area contributed by atoms with Gasteiger partial charge in [-0.1, -0.05) is 48.5 Å². The van der Waals surface area contributed by atoms with Crippen LogP contribution in [0.2, 0.25) is 0 Å². The summed E-state index contributed by atoms with van der Waals surface area (Å²) < 4.78 is 5.46. The number of amides is 1. The van der Waals surface area contributed by atoms with E-state index in [-0.39, 0.29) is 5.91 Å². The molecule has 1 aliphatic rings. The number of hydrogen-bond acceptors (Lipinski definition) is 3. The molecule has 0 radical (unpaired) electrons. The molecule has 1 saturated heterocycles. The molecule has 2 aromatic carbocycles. The number of para-hydroxylation sites is 1. The molecule has 1 amide bonds. The van der Waals surface area contributed by atoms with Gasteiger partial charge in [0.15, 0.2) is 0 Å². The van der Waals surface area contributed by atoms with E-state index in [2.05, 4.69) is 12.1 Å². The minimum absolute atomic E-state index is 0.198. The van der Waals surface area contributed by atoms with E-state index in [1.54, 1.807) is 0 Å². The van der Waals surface area contributed by atoms with Crippen LogP contribution in [0.15, 0.2) is 54.6 Å². The van der Waals surface area contributed by atoms with Gasteiger partial charge in [0.05, 0.1) is 0 Å². The zero-order chi connectivity index (χ0) is 18.2. The molecule has 3 rings (SSSR count). The van der Waals surface area contributed by atoms with E-state index in [4.69, 9.17) is 10.5 Å². The number of benzene rings is 2. The van der Waals surface area contributed by atoms with Crippen molar-refractivity contribution in [1.29, 1.82) is 0 Å². The predicted molar refractivity (Wildman–Crippen MR) is 105 cm³/mol. The molecular formula is C22H28N2O2. The number of nitrogen functional groups attached to an aromatic ring is 1. The quantitative estimate of drug-likeness (QED) is 0.774. The Morgan fingerprint density at radius 2 is 1.73 bits per heavy atom. The van der Waals surface area contributed by atoms with Gasteiger partial charge in [0, 0.05) is 38.4 Å². The van der Waals surface area contributed by atoms with Crippen LogP contribution in [0, 0.1) is 5.92 Å². The van der Waals surface area contributed by atoms with Gasteiger partial charge < -0.3 is 15.4 Å². The zero-order valence-corrected chi connectivity index (χ0v) is 15.3. The summed E-state index contributed by atoms with van der Waals surface area (Å²) in [7, 11) is 0. The van der Waals surface area contributed by atoms with Gasteiger partial charge in [0.1, 0.15) is 0 Å². The smallest absolute Gasteiger partial charge is 0.223 e. The fourth-order valence-corrected chi connectivity index (χ4v) is 3.46. The third-order valence-corrected chi connectivity index (χ3v) is 5.05. The molecule has 0 saturated carbocycles. The van der Waals surface area contributed by atoms with Crippen molar-refractivity contribution < 1.29 is 9.53 Å². The van der Waals surface area contributed by atoms with Crippen LogP contribution in [0.5, 0.6) is 0 Å². The summed E-state index contributed by atoms with van der Waals surface area (Å²) in [6, 6.07) is 18.0. The Labute approximate surface area is 156 Å². The van der Waals surface area contributed by atoms with Gasteiger partial charge in [-0.2, -0.15) is 0 Å². The van der Waals surface area contributed by atoms with Crippen LogP contribution in [0.4, 0.5) is 5.69 Å². The lowest BCUT2D eigenvalue weighted by molar-refractivity contribution is -0.133. The fraction of sp³-hybridized carbons (Fsp3) is 0.409. The molecule has 1 heterocycles. The van der Waals surface area contributed by atoms with Gasteiger partial charge in [-0.05, 0) is 42.4 Å². The number of aryl methyl sites for hydroxylation is 1. The summed E-state index contributed by atoms with van der Waals surface area (Å²) >= 11 is 0. The van der Waals surface area contributed by atoms with Crippen LogP contribution in [-0.2, 0) is 22.5 Å². The van der Waals surface area contributed by atoms with Gasteiger partial charge in [-0.3, -0.25) is 4.79 Å². The number of nitrogens with zero attached hydrogens (tertiary/aromatic N) is 1. The van der Waals surface area contributed by atoms with Crippen molar-refractivity contribution in [2.75, 3.05) is 25.5 Å². The van der Waals surface area contributed by atoms with Crippen LogP contribution < -0.4 is 5.73 Å². The minimum Gasteiger partial charge on any atom is -0.399 e. The third kappa shape index (κ3) is 5.33. The van der Waals surface area contributed by atoms with E-state index in [1.807, 2.05) is 47.4 Å². The maximum absolute atomic E-state index is 13.0. The number of rotatable bonds is 7. The first kappa shape index (κ1) is 18.5. The second kappa shape index (κ2) is 9.39. The molecule has 0 aliphatic carbocycles. The summed E-state index contributed by atoms with van der Waals surface area (Å²) in [4.78, 5) is 15.0. The highest BCUT2D eigenvalue weighted by molar-refractivity contribution is 5.76. The largest absolute Gasteiger partial charge is 0.399 e. The van der Waals surface area contributed by atoms with Crippen LogP contribution >= 0.6 is 0 Å².